The van der Waals surface area contributed by atoms with Crippen molar-refractivity contribution in [2.45, 2.75) is 31.7 Å². The Morgan fingerprint density at radius 1 is 1.47 bits per heavy atom. The second kappa shape index (κ2) is 4.96. The first-order valence-electron chi connectivity index (χ1n) is 5.50. The van der Waals surface area contributed by atoms with E-state index in [1.54, 1.807) is 0 Å². The van der Waals surface area contributed by atoms with Crippen LogP contribution in [0, 0.1) is 0 Å². The minimum Gasteiger partial charge on any atom is -0.352 e. The van der Waals surface area contributed by atoms with Gasteiger partial charge in [0.2, 0.25) is 0 Å². The lowest BCUT2D eigenvalue weighted by atomic mass is 10.1. The predicted octanol–water partition coefficient (Wildman–Crippen LogP) is 1.96. The number of alkyl halides is 1. The van der Waals surface area contributed by atoms with Gasteiger partial charge in [-0.3, -0.25) is 0 Å². The Morgan fingerprint density at radius 2 is 2.33 bits per heavy atom. The van der Waals surface area contributed by atoms with Gasteiger partial charge in [-0.15, -0.1) is 5.10 Å². The second-order valence-corrected chi connectivity index (χ2v) is 4.71. The number of aromatic nitrogens is 3. The summed E-state index contributed by atoms with van der Waals surface area (Å²) in [7, 11) is 1.96. The molecule has 1 atom stereocenters. The smallest absolute Gasteiger partial charge is 0.147 e. The van der Waals surface area contributed by atoms with Gasteiger partial charge < -0.3 is 4.90 Å². The van der Waals surface area contributed by atoms with E-state index in [-0.39, 0.29) is 0 Å². The van der Waals surface area contributed by atoms with Gasteiger partial charge in [0.25, 0.3) is 0 Å². The van der Waals surface area contributed by atoms with E-state index in [1.165, 1.54) is 25.7 Å². The lowest BCUT2D eigenvalue weighted by Crippen LogP contribution is -2.37. The first-order valence-corrected chi connectivity index (χ1v) is 6.62. The number of hydrogen-bond acceptors (Lipinski definition) is 3. The van der Waals surface area contributed by atoms with Crippen LogP contribution in [0.2, 0.25) is 0 Å². The summed E-state index contributed by atoms with van der Waals surface area (Å²) in [5, 5.41) is 8.98. The Bertz CT molecular complexity index is 312. The van der Waals surface area contributed by atoms with Gasteiger partial charge in [-0.25, -0.2) is 4.68 Å². The molecule has 0 aromatic carbocycles. The molecule has 4 nitrogen and oxygen atoms in total. The molecule has 0 aliphatic carbocycles. The molecule has 0 bridgehead atoms. The second-order valence-electron chi connectivity index (χ2n) is 4.07. The zero-order chi connectivity index (χ0) is 10.7. The average molecular weight is 273 g/mol. The Morgan fingerprint density at radius 3 is 3.00 bits per heavy atom. The molecule has 0 saturated carbocycles. The van der Waals surface area contributed by atoms with E-state index in [4.69, 9.17) is 0 Å². The molecule has 1 unspecified atom stereocenters. The zero-order valence-electron chi connectivity index (χ0n) is 9.06. The van der Waals surface area contributed by atoms with Crippen LogP contribution in [0.5, 0.6) is 0 Å². The van der Waals surface area contributed by atoms with E-state index in [2.05, 4.69) is 31.1 Å². The Labute approximate surface area is 98.8 Å². The maximum atomic E-state index is 4.00. The van der Waals surface area contributed by atoms with Crippen LogP contribution < -0.4 is 4.90 Å². The van der Waals surface area contributed by atoms with Crippen molar-refractivity contribution < 1.29 is 0 Å². The zero-order valence-corrected chi connectivity index (χ0v) is 10.7. The summed E-state index contributed by atoms with van der Waals surface area (Å²) < 4.78 is 1.86. The molecule has 1 aromatic rings. The van der Waals surface area contributed by atoms with Crippen LogP contribution in [0.3, 0.4) is 0 Å². The lowest BCUT2D eigenvalue weighted by Gasteiger charge is -2.29. The monoisotopic (exact) mass is 272 g/mol. The molecule has 15 heavy (non-hydrogen) atoms. The van der Waals surface area contributed by atoms with Crippen molar-refractivity contribution in [2.75, 3.05) is 16.8 Å². The highest BCUT2D eigenvalue weighted by Gasteiger charge is 2.22. The van der Waals surface area contributed by atoms with Crippen molar-refractivity contribution in [3.8, 4) is 0 Å². The molecular weight excluding hydrogens is 256 g/mol. The van der Waals surface area contributed by atoms with Crippen molar-refractivity contribution in [3.63, 3.8) is 0 Å². The van der Waals surface area contributed by atoms with Gasteiger partial charge in [-0.2, -0.15) is 0 Å². The molecule has 1 aromatic heterocycles. The van der Waals surface area contributed by atoms with Gasteiger partial charge in [0, 0.05) is 25.0 Å². The summed E-state index contributed by atoms with van der Waals surface area (Å²) in [6, 6.07) is 0.588. The summed E-state index contributed by atoms with van der Waals surface area (Å²) >= 11 is 3.60. The Hall–Kier alpha value is -0.580. The summed E-state index contributed by atoms with van der Waals surface area (Å²) in [5.41, 5.74) is 0. The highest BCUT2D eigenvalue weighted by atomic mass is 79.9. The number of rotatable bonds is 2. The van der Waals surface area contributed by atoms with E-state index >= 15 is 0 Å². The third-order valence-electron chi connectivity index (χ3n) is 3.04. The predicted molar refractivity (Wildman–Crippen MR) is 64.4 cm³/mol. The molecular formula is C10H17BrN4. The van der Waals surface area contributed by atoms with Crippen molar-refractivity contribution in [1.29, 1.82) is 0 Å². The molecule has 2 rings (SSSR count). The lowest BCUT2D eigenvalue weighted by molar-refractivity contribution is 0.600. The maximum Gasteiger partial charge on any atom is 0.147 e. The number of hydrogen-bond donors (Lipinski definition) is 0. The molecule has 0 N–H and O–H groups in total. The van der Waals surface area contributed by atoms with E-state index in [0.717, 1.165) is 17.7 Å². The van der Waals surface area contributed by atoms with E-state index in [0.29, 0.717) is 6.04 Å². The van der Waals surface area contributed by atoms with Gasteiger partial charge in [-0.1, -0.05) is 34.0 Å². The first-order chi connectivity index (χ1) is 7.33. The minimum atomic E-state index is 0.588. The van der Waals surface area contributed by atoms with Crippen molar-refractivity contribution >= 4 is 21.7 Å². The summed E-state index contributed by atoms with van der Waals surface area (Å²) in [6.45, 7) is 1.12. The fourth-order valence-electron chi connectivity index (χ4n) is 2.18. The largest absolute Gasteiger partial charge is 0.352 e. The van der Waals surface area contributed by atoms with Gasteiger partial charge in [0.05, 0.1) is 6.20 Å². The summed E-state index contributed by atoms with van der Waals surface area (Å²) in [4.78, 5) is 2.43. The van der Waals surface area contributed by atoms with Crippen LogP contribution in [-0.4, -0.2) is 32.9 Å². The maximum absolute atomic E-state index is 4.00. The summed E-state index contributed by atoms with van der Waals surface area (Å²) in [5.74, 6) is 1.14. The fraction of sp³-hybridized carbons (Fsp3) is 0.800. The van der Waals surface area contributed by atoms with E-state index in [9.17, 15) is 0 Å². The number of halogens is 1. The first kappa shape index (κ1) is 10.9. The molecule has 5 heteroatoms. The highest BCUT2D eigenvalue weighted by molar-refractivity contribution is 9.09. The van der Waals surface area contributed by atoms with Crippen molar-refractivity contribution in [1.82, 2.24) is 15.0 Å². The third kappa shape index (κ3) is 2.33. The van der Waals surface area contributed by atoms with Crippen molar-refractivity contribution in [3.05, 3.63) is 6.20 Å². The van der Waals surface area contributed by atoms with Gasteiger partial charge in [0.1, 0.15) is 5.82 Å². The fourth-order valence-corrected chi connectivity index (χ4v) is 2.86. The SMILES string of the molecule is Cn1nncc1N1CCCCCC1CBr. The van der Waals surface area contributed by atoms with Gasteiger partial charge in [-0.05, 0) is 12.8 Å². The van der Waals surface area contributed by atoms with Crippen LogP contribution in [-0.2, 0) is 7.05 Å². The van der Waals surface area contributed by atoms with Crippen LogP contribution in [0.1, 0.15) is 25.7 Å². The topological polar surface area (TPSA) is 34.0 Å². The number of anilines is 1. The molecule has 0 spiro atoms. The van der Waals surface area contributed by atoms with Gasteiger partial charge >= 0.3 is 0 Å². The van der Waals surface area contributed by atoms with Gasteiger partial charge in [0.15, 0.2) is 0 Å². The van der Waals surface area contributed by atoms with Crippen LogP contribution >= 0.6 is 15.9 Å². The highest BCUT2D eigenvalue weighted by Crippen LogP contribution is 2.23. The Balaban J connectivity index is 2.20. The van der Waals surface area contributed by atoms with Crippen LogP contribution in [0.15, 0.2) is 6.20 Å². The number of nitrogens with zero attached hydrogens (tertiary/aromatic N) is 4. The molecule has 1 fully saturated rings. The molecule has 2 heterocycles. The Kier molecular flexibility index (Phi) is 3.61. The average Bonchev–Trinajstić information content (AvgIpc) is 2.54. The van der Waals surface area contributed by atoms with E-state index < -0.39 is 0 Å². The standard InChI is InChI=1S/C10H17BrN4/c1-14-10(8-12-13-14)15-6-4-2-3-5-9(15)7-11/h8-9H,2-7H2,1H3. The molecule has 84 valence electrons. The van der Waals surface area contributed by atoms with Crippen LogP contribution in [0.25, 0.3) is 0 Å². The van der Waals surface area contributed by atoms with Crippen LogP contribution in [0.4, 0.5) is 5.82 Å². The molecule has 0 amide bonds. The van der Waals surface area contributed by atoms with Crippen molar-refractivity contribution in [2.24, 2.45) is 7.05 Å². The molecule has 1 saturated heterocycles. The van der Waals surface area contributed by atoms with E-state index in [1.807, 2.05) is 17.9 Å². The number of aryl methyl sites for hydroxylation is 1. The normalized spacial score (nSPS) is 22.8. The quantitative estimate of drug-likeness (QED) is 0.772. The third-order valence-corrected chi connectivity index (χ3v) is 3.79. The minimum absolute atomic E-state index is 0.588. The molecule has 0 radical (unpaired) electrons. The molecule has 1 aliphatic rings. The molecule has 1 aliphatic heterocycles. The summed E-state index contributed by atoms with van der Waals surface area (Å²) in [6.07, 6.45) is 7.06.